The molecule has 0 saturated heterocycles. The van der Waals surface area contributed by atoms with Crippen molar-refractivity contribution in [3.05, 3.63) is 35.7 Å². The molecule has 0 fully saturated rings. The Hall–Kier alpha value is -1.68. The summed E-state index contributed by atoms with van der Waals surface area (Å²) in [5.74, 6) is 1.66. The average molecular weight is 273 g/mol. The van der Waals surface area contributed by atoms with E-state index in [0.29, 0.717) is 11.7 Å². The van der Waals surface area contributed by atoms with Crippen molar-refractivity contribution < 1.29 is 4.52 Å². The van der Waals surface area contributed by atoms with E-state index in [1.165, 1.54) is 5.56 Å². The minimum absolute atomic E-state index is 0.257. The summed E-state index contributed by atoms with van der Waals surface area (Å²) in [6, 6.07) is 8.40. The molecular weight excluding hydrogens is 250 g/mol. The molecule has 4 nitrogen and oxygen atoms in total. The Balaban J connectivity index is 1.99. The molecular formula is C16H23N3O. The predicted octanol–water partition coefficient (Wildman–Crippen LogP) is 3.67. The summed E-state index contributed by atoms with van der Waals surface area (Å²) >= 11 is 0. The highest BCUT2D eigenvalue weighted by Crippen LogP contribution is 2.23. The Labute approximate surface area is 120 Å². The molecule has 0 aliphatic rings. The number of nitrogens with two attached hydrogens (primary N) is 1. The maximum Gasteiger partial charge on any atom is 0.229 e. The van der Waals surface area contributed by atoms with Crippen LogP contribution in [0, 0.1) is 6.92 Å². The molecule has 0 bridgehead atoms. The first kappa shape index (κ1) is 14.7. The minimum Gasteiger partial charge on any atom is -0.339 e. The zero-order valence-electron chi connectivity index (χ0n) is 12.5. The van der Waals surface area contributed by atoms with Crippen LogP contribution < -0.4 is 5.73 Å². The van der Waals surface area contributed by atoms with Gasteiger partial charge in [0.1, 0.15) is 0 Å². The fourth-order valence-electron chi connectivity index (χ4n) is 2.12. The topological polar surface area (TPSA) is 64.9 Å². The van der Waals surface area contributed by atoms with Crippen LogP contribution in [0.3, 0.4) is 0 Å². The third kappa shape index (κ3) is 3.90. The first-order chi connectivity index (χ1) is 9.56. The third-order valence-electron chi connectivity index (χ3n) is 3.47. The zero-order chi connectivity index (χ0) is 14.5. The Kier molecular flexibility index (Phi) is 4.90. The van der Waals surface area contributed by atoms with E-state index in [1.807, 2.05) is 19.1 Å². The van der Waals surface area contributed by atoms with Crippen molar-refractivity contribution in [3.8, 4) is 11.4 Å². The van der Waals surface area contributed by atoms with Gasteiger partial charge < -0.3 is 10.3 Å². The van der Waals surface area contributed by atoms with Crippen LogP contribution in [0.5, 0.6) is 0 Å². The molecule has 0 aliphatic carbocycles. The Morgan fingerprint density at radius 2 is 1.85 bits per heavy atom. The molecule has 4 heteroatoms. The first-order valence-electron chi connectivity index (χ1n) is 7.22. The molecule has 0 radical (unpaired) electrons. The summed E-state index contributed by atoms with van der Waals surface area (Å²) in [7, 11) is 0. The monoisotopic (exact) mass is 273 g/mol. The summed E-state index contributed by atoms with van der Waals surface area (Å²) in [5, 5.41) is 4.07. The molecule has 1 aromatic carbocycles. The van der Waals surface area contributed by atoms with Crippen LogP contribution in [-0.2, 0) is 0 Å². The number of rotatable bonds is 6. The van der Waals surface area contributed by atoms with E-state index < -0.39 is 0 Å². The highest BCUT2D eigenvalue weighted by molar-refractivity contribution is 5.54. The van der Waals surface area contributed by atoms with Crippen molar-refractivity contribution >= 4 is 0 Å². The Morgan fingerprint density at radius 1 is 1.15 bits per heavy atom. The van der Waals surface area contributed by atoms with Gasteiger partial charge in [0.15, 0.2) is 0 Å². The minimum atomic E-state index is 0.257. The van der Waals surface area contributed by atoms with Crippen molar-refractivity contribution in [3.63, 3.8) is 0 Å². The standard InChI is InChI=1S/C16H23N3O/c1-11-7-9-14(10-8-11)15-18-16(20-19-15)12(2)5-4-6-13(3)17/h7-10,12-13H,4-6,17H2,1-3H3. The smallest absolute Gasteiger partial charge is 0.229 e. The number of hydrogen-bond acceptors (Lipinski definition) is 4. The molecule has 0 saturated carbocycles. The summed E-state index contributed by atoms with van der Waals surface area (Å²) in [4.78, 5) is 4.50. The second kappa shape index (κ2) is 6.66. The van der Waals surface area contributed by atoms with Gasteiger partial charge in [-0.05, 0) is 26.7 Å². The van der Waals surface area contributed by atoms with Crippen LogP contribution in [0.2, 0.25) is 0 Å². The average Bonchev–Trinajstić information content (AvgIpc) is 2.88. The molecule has 2 aromatic rings. The zero-order valence-corrected chi connectivity index (χ0v) is 12.5. The van der Waals surface area contributed by atoms with Crippen LogP contribution in [0.4, 0.5) is 0 Å². The number of aryl methyl sites for hydroxylation is 1. The third-order valence-corrected chi connectivity index (χ3v) is 3.47. The van der Waals surface area contributed by atoms with Gasteiger partial charge in [-0.25, -0.2) is 0 Å². The van der Waals surface area contributed by atoms with Gasteiger partial charge in [-0.3, -0.25) is 0 Å². The number of nitrogens with zero attached hydrogens (tertiary/aromatic N) is 2. The van der Waals surface area contributed by atoms with Gasteiger partial charge in [0, 0.05) is 17.5 Å². The molecule has 2 atom stereocenters. The normalized spacial score (nSPS) is 14.2. The molecule has 20 heavy (non-hydrogen) atoms. The van der Waals surface area contributed by atoms with Gasteiger partial charge in [0.2, 0.25) is 11.7 Å². The van der Waals surface area contributed by atoms with Crippen molar-refractivity contribution in [2.24, 2.45) is 5.73 Å². The van der Waals surface area contributed by atoms with E-state index in [9.17, 15) is 0 Å². The number of hydrogen-bond donors (Lipinski definition) is 1. The summed E-state index contributed by atoms with van der Waals surface area (Å²) in [5.41, 5.74) is 7.98. The lowest BCUT2D eigenvalue weighted by atomic mass is 10.0. The number of benzene rings is 1. The van der Waals surface area contributed by atoms with Crippen LogP contribution in [0.15, 0.2) is 28.8 Å². The molecule has 0 aliphatic heterocycles. The van der Waals surface area contributed by atoms with Gasteiger partial charge in [-0.2, -0.15) is 4.98 Å². The lowest BCUT2D eigenvalue weighted by molar-refractivity contribution is 0.350. The molecule has 2 N–H and O–H groups in total. The highest BCUT2D eigenvalue weighted by atomic mass is 16.5. The molecule has 2 rings (SSSR count). The SMILES string of the molecule is Cc1ccc(-c2noc(C(C)CCCC(C)N)n2)cc1. The van der Waals surface area contributed by atoms with E-state index in [-0.39, 0.29) is 12.0 Å². The molecule has 1 aromatic heterocycles. The van der Waals surface area contributed by atoms with E-state index >= 15 is 0 Å². The van der Waals surface area contributed by atoms with E-state index in [0.717, 1.165) is 24.8 Å². The fraction of sp³-hybridized carbons (Fsp3) is 0.500. The molecule has 0 spiro atoms. The predicted molar refractivity (Wildman–Crippen MR) is 80.4 cm³/mol. The second-order valence-corrected chi connectivity index (χ2v) is 5.63. The van der Waals surface area contributed by atoms with Crippen molar-refractivity contribution in [1.29, 1.82) is 0 Å². The van der Waals surface area contributed by atoms with Crippen molar-refractivity contribution in [2.75, 3.05) is 0 Å². The molecule has 2 unspecified atom stereocenters. The van der Waals surface area contributed by atoms with Gasteiger partial charge >= 0.3 is 0 Å². The van der Waals surface area contributed by atoms with Gasteiger partial charge in [-0.15, -0.1) is 0 Å². The Bertz CT molecular complexity index is 531. The lowest BCUT2D eigenvalue weighted by Gasteiger charge is -2.07. The van der Waals surface area contributed by atoms with Crippen molar-refractivity contribution in [1.82, 2.24) is 10.1 Å². The largest absolute Gasteiger partial charge is 0.339 e. The van der Waals surface area contributed by atoms with Gasteiger partial charge in [-0.1, -0.05) is 48.3 Å². The van der Waals surface area contributed by atoms with Gasteiger partial charge in [0.25, 0.3) is 0 Å². The summed E-state index contributed by atoms with van der Waals surface area (Å²) in [6.45, 7) is 6.21. The Morgan fingerprint density at radius 3 is 2.50 bits per heavy atom. The van der Waals surface area contributed by atoms with Crippen molar-refractivity contribution in [2.45, 2.75) is 52.0 Å². The first-order valence-corrected chi connectivity index (χ1v) is 7.22. The second-order valence-electron chi connectivity index (χ2n) is 5.63. The fourth-order valence-corrected chi connectivity index (χ4v) is 2.12. The van der Waals surface area contributed by atoms with Gasteiger partial charge in [0.05, 0.1) is 0 Å². The maximum absolute atomic E-state index is 5.76. The summed E-state index contributed by atoms with van der Waals surface area (Å²) < 4.78 is 5.38. The molecule has 0 amide bonds. The van der Waals surface area contributed by atoms with Crippen LogP contribution in [0.1, 0.15) is 50.5 Å². The van der Waals surface area contributed by atoms with E-state index in [4.69, 9.17) is 10.3 Å². The van der Waals surface area contributed by atoms with Crippen LogP contribution in [-0.4, -0.2) is 16.2 Å². The van der Waals surface area contributed by atoms with Crippen LogP contribution >= 0.6 is 0 Å². The summed E-state index contributed by atoms with van der Waals surface area (Å²) in [6.07, 6.45) is 3.14. The van der Waals surface area contributed by atoms with Crippen LogP contribution in [0.25, 0.3) is 11.4 Å². The lowest BCUT2D eigenvalue weighted by Crippen LogP contribution is -2.14. The maximum atomic E-state index is 5.76. The van der Waals surface area contributed by atoms with E-state index in [2.05, 4.69) is 36.1 Å². The van der Waals surface area contributed by atoms with E-state index in [1.54, 1.807) is 0 Å². The highest BCUT2D eigenvalue weighted by Gasteiger charge is 2.15. The molecule has 108 valence electrons. The number of aromatic nitrogens is 2. The molecule has 1 heterocycles. The quantitative estimate of drug-likeness (QED) is 0.872.